The van der Waals surface area contributed by atoms with Gasteiger partial charge in [-0.2, -0.15) is 5.26 Å². The van der Waals surface area contributed by atoms with E-state index in [1.807, 2.05) is 6.19 Å². The first-order valence-corrected chi connectivity index (χ1v) is 5.71. The van der Waals surface area contributed by atoms with E-state index >= 15 is 0 Å². The van der Waals surface area contributed by atoms with Gasteiger partial charge in [0.25, 0.3) is 0 Å². The van der Waals surface area contributed by atoms with E-state index in [0.717, 1.165) is 5.33 Å². The number of nitrogens with zero attached hydrogens (tertiary/aromatic N) is 1. The van der Waals surface area contributed by atoms with Gasteiger partial charge in [-0.1, -0.05) is 35.2 Å². The smallest absolute Gasteiger partial charge is 0.176 e. The molecule has 12 heavy (non-hydrogen) atoms. The Kier molecular flexibility index (Phi) is 4.45. The van der Waals surface area contributed by atoms with Crippen LogP contribution in [0.2, 0.25) is 0 Å². The minimum atomic E-state index is 0.357. The average molecular weight is 231 g/mol. The van der Waals surface area contributed by atoms with Crippen LogP contribution in [0, 0.1) is 17.4 Å². The molecule has 0 aliphatic heterocycles. The molecule has 2 nitrogen and oxygen atoms in total. The van der Waals surface area contributed by atoms with Gasteiger partial charge in [-0.3, -0.25) is 0 Å². The maximum absolute atomic E-state index is 8.52. The number of nitrogens with one attached hydrogen (secondary N) is 1. The molecule has 3 heteroatoms. The highest BCUT2D eigenvalue weighted by Crippen LogP contribution is 2.26. The van der Waals surface area contributed by atoms with Gasteiger partial charge in [0, 0.05) is 11.4 Å². The third-order valence-corrected chi connectivity index (χ3v) is 3.33. The molecule has 0 bridgehead atoms. The van der Waals surface area contributed by atoms with Crippen molar-refractivity contribution >= 4 is 15.9 Å². The molecule has 0 aromatic heterocycles. The first-order valence-electron chi connectivity index (χ1n) is 4.59. The molecule has 1 atom stereocenters. The van der Waals surface area contributed by atoms with Gasteiger partial charge in [0.15, 0.2) is 6.19 Å². The fourth-order valence-electron chi connectivity index (χ4n) is 1.90. The van der Waals surface area contributed by atoms with E-state index in [1.54, 1.807) is 0 Å². The molecule has 1 saturated carbocycles. The number of halogens is 1. The molecule has 0 heterocycles. The summed E-state index contributed by atoms with van der Waals surface area (Å²) in [6.07, 6.45) is 8.64. The molecular weight excluding hydrogens is 216 g/mol. The standard InChI is InChI=1S/C9H15BrN2/c10-6-9(12-7-11)8-4-2-1-3-5-8/h8-9,12H,1-6H2. The molecular formula is C9H15BrN2. The summed E-state index contributed by atoms with van der Waals surface area (Å²) in [6, 6.07) is 0.357. The predicted octanol–water partition coefficient (Wildman–Crippen LogP) is 2.40. The minimum Gasteiger partial charge on any atom is -0.320 e. The molecule has 1 aliphatic carbocycles. The summed E-state index contributed by atoms with van der Waals surface area (Å²) in [5, 5.41) is 12.3. The van der Waals surface area contributed by atoms with Gasteiger partial charge in [0.2, 0.25) is 0 Å². The molecule has 1 N–H and O–H groups in total. The maximum atomic E-state index is 8.52. The summed E-state index contributed by atoms with van der Waals surface area (Å²) in [6.45, 7) is 0. The van der Waals surface area contributed by atoms with Crippen LogP contribution in [-0.2, 0) is 0 Å². The Balaban J connectivity index is 2.36. The third-order valence-electron chi connectivity index (χ3n) is 2.64. The van der Waals surface area contributed by atoms with Crippen LogP contribution in [0.4, 0.5) is 0 Å². The van der Waals surface area contributed by atoms with Gasteiger partial charge < -0.3 is 5.32 Å². The minimum absolute atomic E-state index is 0.357. The number of hydrogen-bond donors (Lipinski definition) is 1. The summed E-state index contributed by atoms with van der Waals surface area (Å²) >= 11 is 3.44. The number of nitriles is 1. The maximum Gasteiger partial charge on any atom is 0.176 e. The molecule has 0 spiro atoms. The topological polar surface area (TPSA) is 35.8 Å². The predicted molar refractivity (Wildman–Crippen MR) is 52.9 cm³/mol. The van der Waals surface area contributed by atoms with E-state index in [9.17, 15) is 0 Å². The van der Waals surface area contributed by atoms with Crippen LogP contribution in [0.25, 0.3) is 0 Å². The highest BCUT2D eigenvalue weighted by molar-refractivity contribution is 9.09. The number of rotatable bonds is 3. The van der Waals surface area contributed by atoms with Gasteiger partial charge >= 0.3 is 0 Å². The third kappa shape index (κ3) is 2.67. The van der Waals surface area contributed by atoms with E-state index in [-0.39, 0.29) is 0 Å². The monoisotopic (exact) mass is 230 g/mol. The molecule has 1 unspecified atom stereocenters. The van der Waals surface area contributed by atoms with E-state index in [0.29, 0.717) is 12.0 Å². The van der Waals surface area contributed by atoms with Crippen molar-refractivity contribution in [1.29, 1.82) is 5.26 Å². The number of hydrogen-bond acceptors (Lipinski definition) is 2. The SMILES string of the molecule is N#CNC(CBr)C1CCCCC1. The quantitative estimate of drug-likeness (QED) is 0.460. The Bertz CT molecular complexity index is 158. The van der Waals surface area contributed by atoms with Crippen molar-refractivity contribution in [3.05, 3.63) is 0 Å². The van der Waals surface area contributed by atoms with Crippen molar-refractivity contribution < 1.29 is 0 Å². The van der Waals surface area contributed by atoms with Crippen molar-refractivity contribution in [2.24, 2.45) is 5.92 Å². The fraction of sp³-hybridized carbons (Fsp3) is 0.889. The zero-order valence-electron chi connectivity index (χ0n) is 7.22. The second kappa shape index (κ2) is 5.42. The first kappa shape index (κ1) is 9.85. The molecule has 0 aromatic rings. The van der Waals surface area contributed by atoms with Gasteiger partial charge in [-0.15, -0.1) is 0 Å². The van der Waals surface area contributed by atoms with Crippen LogP contribution in [0.1, 0.15) is 32.1 Å². The van der Waals surface area contributed by atoms with Crippen molar-refractivity contribution in [2.45, 2.75) is 38.1 Å². The molecule has 0 saturated heterocycles. The largest absolute Gasteiger partial charge is 0.320 e. The normalized spacial score (nSPS) is 21.3. The van der Waals surface area contributed by atoms with E-state index in [1.165, 1.54) is 32.1 Å². The van der Waals surface area contributed by atoms with Crippen molar-refractivity contribution in [1.82, 2.24) is 5.32 Å². The summed E-state index contributed by atoms with van der Waals surface area (Å²) in [5.41, 5.74) is 0. The lowest BCUT2D eigenvalue weighted by Crippen LogP contribution is -2.35. The molecule has 0 aromatic carbocycles. The van der Waals surface area contributed by atoms with E-state index in [4.69, 9.17) is 5.26 Å². The summed E-state index contributed by atoms with van der Waals surface area (Å²) in [5.74, 6) is 0.706. The molecule has 68 valence electrons. The summed E-state index contributed by atoms with van der Waals surface area (Å²) in [4.78, 5) is 0. The van der Waals surface area contributed by atoms with Crippen LogP contribution in [0.5, 0.6) is 0 Å². The highest BCUT2D eigenvalue weighted by atomic mass is 79.9. The zero-order chi connectivity index (χ0) is 8.81. The highest BCUT2D eigenvalue weighted by Gasteiger charge is 2.21. The Hall–Kier alpha value is -0.230. The fourth-order valence-corrected chi connectivity index (χ4v) is 2.59. The van der Waals surface area contributed by atoms with Gasteiger partial charge in [0.05, 0.1) is 0 Å². The Labute approximate surface area is 82.5 Å². The summed E-state index contributed by atoms with van der Waals surface area (Å²) in [7, 11) is 0. The Morgan fingerprint density at radius 2 is 2.08 bits per heavy atom. The van der Waals surface area contributed by atoms with Crippen molar-refractivity contribution in [3.8, 4) is 6.19 Å². The van der Waals surface area contributed by atoms with Gasteiger partial charge in [-0.05, 0) is 18.8 Å². The molecule has 1 rings (SSSR count). The second-order valence-corrected chi connectivity index (χ2v) is 4.06. The van der Waals surface area contributed by atoms with E-state index < -0.39 is 0 Å². The van der Waals surface area contributed by atoms with E-state index in [2.05, 4.69) is 21.2 Å². The lowest BCUT2D eigenvalue weighted by atomic mass is 9.85. The van der Waals surface area contributed by atoms with Crippen LogP contribution >= 0.6 is 15.9 Å². The van der Waals surface area contributed by atoms with Gasteiger partial charge in [-0.25, -0.2) is 0 Å². The zero-order valence-corrected chi connectivity index (χ0v) is 8.81. The summed E-state index contributed by atoms with van der Waals surface area (Å²) < 4.78 is 0. The first-order chi connectivity index (χ1) is 5.88. The van der Waals surface area contributed by atoms with Crippen LogP contribution < -0.4 is 5.32 Å². The second-order valence-electron chi connectivity index (χ2n) is 3.42. The lowest BCUT2D eigenvalue weighted by molar-refractivity contribution is 0.302. The molecule has 1 fully saturated rings. The van der Waals surface area contributed by atoms with Crippen LogP contribution in [0.15, 0.2) is 0 Å². The van der Waals surface area contributed by atoms with Gasteiger partial charge in [0.1, 0.15) is 0 Å². The molecule has 0 amide bonds. The van der Waals surface area contributed by atoms with Crippen molar-refractivity contribution in [3.63, 3.8) is 0 Å². The average Bonchev–Trinajstić information content (AvgIpc) is 2.15. The van der Waals surface area contributed by atoms with Crippen molar-refractivity contribution in [2.75, 3.05) is 5.33 Å². The number of alkyl halides is 1. The molecule has 1 aliphatic rings. The van der Waals surface area contributed by atoms with Crippen LogP contribution in [0.3, 0.4) is 0 Å². The molecule has 0 radical (unpaired) electrons. The Morgan fingerprint density at radius 1 is 1.42 bits per heavy atom. The Morgan fingerprint density at radius 3 is 2.58 bits per heavy atom. The van der Waals surface area contributed by atoms with Crippen LogP contribution in [-0.4, -0.2) is 11.4 Å². The lowest BCUT2D eigenvalue weighted by Gasteiger charge is -2.27.